The maximum atomic E-state index is 12.5. The number of rotatable bonds is 10. The molecule has 0 spiro atoms. The van der Waals surface area contributed by atoms with Crippen molar-refractivity contribution in [2.24, 2.45) is 0 Å². The monoisotopic (exact) mass is 490 g/mol. The largest absolute Gasteiger partial charge is 0.449 e. The Morgan fingerprint density at radius 2 is 1.97 bits per heavy atom. The summed E-state index contributed by atoms with van der Waals surface area (Å²) in [5, 5.41) is 17.1. The van der Waals surface area contributed by atoms with E-state index in [1.165, 1.54) is 13.0 Å². The van der Waals surface area contributed by atoms with E-state index in [9.17, 15) is 23.3 Å². The molecule has 0 saturated carbocycles. The van der Waals surface area contributed by atoms with E-state index in [1.807, 2.05) is 6.92 Å². The Morgan fingerprint density at radius 3 is 2.65 bits per heavy atom. The van der Waals surface area contributed by atoms with E-state index in [-0.39, 0.29) is 27.9 Å². The molecule has 0 aliphatic carbocycles. The number of nitrogens with one attached hydrogen (secondary N) is 1. The molecule has 1 unspecified atom stereocenters. The number of carbonyl (C=O) groups is 1. The molecule has 13 heteroatoms. The number of aromatic nitrogens is 2. The van der Waals surface area contributed by atoms with Crippen LogP contribution in [0.5, 0.6) is 0 Å². The molecule has 0 fully saturated rings. The van der Waals surface area contributed by atoms with Crippen LogP contribution in [0.4, 0.5) is 16.3 Å². The summed E-state index contributed by atoms with van der Waals surface area (Å²) >= 11 is 0. The number of pyridine rings is 1. The number of hydrogen-bond donors (Lipinski definition) is 1. The van der Waals surface area contributed by atoms with Crippen molar-refractivity contribution in [3.63, 3.8) is 0 Å². The summed E-state index contributed by atoms with van der Waals surface area (Å²) < 4.78 is 40.5. The van der Waals surface area contributed by atoms with Crippen LogP contribution >= 0.6 is 0 Å². The first-order valence-electron chi connectivity index (χ1n) is 10.2. The first-order chi connectivity index (χ1) is 16.2. The summed E-state index contributed by atoms with van der Waals surface area (Å²) in [5.41, 5.74) is 0.279. The van der Waals surface area contributed by atoms with Crippen LogP contribution in [-0.4, -0.2) is 36.2 Å². The van der Waals surface area contributed by atoms with E-state index in [0.29, 0.717) is 12.3 Å². The van der Waals surface area contributed by atoms with Gasteiger partial charge >= 0.3 is 6.09 Å². The number of nitro groups is 1. The summed E-state index contributed by atoms with van der Waals surface area (Å²) in [6.45, 7) is 3.74. The Kier molecular flexibility index (Phi) is 7.91. The Hall–Kier alpha value is -3.84. The molecule has 2 heterocycles. The highest BCUT2D eigenvalue weighted by atomic mass is 32.2. The van der Waals surface area contributed by atoms with Crippen molar-refractivity contribution in [2.45, 2.75) is 37.7 Å². The van der Waals surface area contributed by atoms with Gasteiger partial charge in [0.15, 0.2) is 5.76 Å². The first kappa shape index (κ1) is 24.8. The van der Waals surface area contributed by atoms with E-state index >= 15 is 0 Å². The minimum absolute atomic E-state index is 0.180. The molecular weight excluding hydrogens is 468 g/mol. The highest BCUT2D eigenvalue weighted by Crippen LogP contribution is 2.27. The molecule has 0 saturated heterocycles. The third-order valence-corrected chi connectivity index (χ3v) is 5.91. The summed E-state index contributed by atoms with van der Waals surface area (Å²) in [6, 6.07) is 10.6. The van der Waals surface area contributed by atoms with Crippen molar-refractivity contribution in [1.29, 1.82) is 0 Å². The normalized spacial score (nSPS) is 12.2. The van der Waals surface area contributed by atoms with E-state index in [0.717, 1.165) is 37.1 Å². The molecule has 34 heavy (non-hydrogen) atoms. The number of nitrogens with zero attached hydrogens (tertiary/aromatic N) is 3. The van der Waals surface area contributed by atoms with Crippen LogP contribution in [0, 0.1) is 10.1 Å². The zero-order chi connectivity index (χ0) is 24.7. The number of hydrogen-bond acceptors (Lipinski definition) is 10. The number of nitro benzene ring substituents is 1. The third kappa shape index (κ3) is 6.36. The summed E-state index contributed by atoms with van der Waals surface area (Å²) in [4.78, 5) is 26.0. The number of ether oxygens (including phenoxy) is 1. The maximum absolute atomic E-state index is 12.5. The van der Waals surface area contributed by atoms with Crippen molar-refractivity contribution in [3.05, 3.63) is 64.3 Å². The van der Waals surface area contributed by atoms with Crippen molar-refractivity contribution in [1.82, 2.24) is 10.1 Å². The highest BCUT2D eigenvalue weighted by molar-refractivity contribution is 7.86. The highest BCUT2D eigenvalue weighted by Gasteiger charge is 2.24. The lowest BCUT2D eigenvalue weighted by atomic mass is 10.2. The lowest BCUT2D eigenvalue weighted by Gasteiger charge is -2.10. The Balaban J connectivity index is 1.68. The number of anilines is 1. The standard InChI is InChI=1S/C21H22N4O8S/c1-3-4-12-31-21(26)23-20-7-5-6-17(22-20)19-13-18(24-32-19)14(2)33-34(29,30)16-10-8-15(9-11-16)25(27)28/h5-11,13-14H,3-4,12H2,1-2H3,(H,22,23,26). The molecule has 1 aromatic carbocycles. The van der Waals surface area contributed by atoms with Crippen molar-refractivity contribution in [3.8, 4) is 11.5 Å². The lowest BCUT2D eigenvalue weighted by molar-refractivity contribution is -0.384. The van der Waals surface area contributed by atoms with Crippen LogP contribution in [-0.2, 0) is 19.0 Å². The van der Waals surface area contributed by atoms with Gasteiger partial charge in [0.05, 0.1) is 16.4 Å². The van der Waals surface area contributed by atoms with Crippen LogP contribution in [0.25, 0.3) is 11.5 Å². The topological polar surface area (TPSA) is 164 Å². The average Bonchev–Trinajstić information content (AvgIpc) is 3.30. The number of non-ortho nitro benzene ring substituents is 1. The van der Waals surface area contributed by atoms with Crippen LogP contribution in [0.2, 0.25) is 0 Å². The fraction of sp³-hybridized carbons (Fsp3) is 0.286. The number of benzene rings is 1. The SMILES string of the molecule is CCCCOC(=O)Nc1cccc(-c2cc(C(C)OS(=O)(=O)c3ccc([N+](=O)[O-])cc3)no2)n1. The van der Waals surface area contributed by atoms with Gasteiger partial charge in [0.1, 0.15) is 23.3 Å². The minimum atomic E-state index is -4.22. The maximum Gasteiger partial charge on any atom is 0.412 e. The second-order valence-electron chi connectivity index (χ2n) is 7.08. The van der Waals surface area contributed by atoms with E-state index in [4.69, 9.17) is 13.4 Å². The second-order valence-corrected chi connectivity index (χ2v) is 8.65. The molecule has 180 valence electrons. The molecule has 2 aromatic heterocycles. The van der Waals surface area contributed by atoms with Gasteiger partial charge in [-0.15, -0.1) is 0 Å². The van der Waals surface area contributed by atoms with Gasteiger partial charge in [-0.25, -0.2) is 9.78 Å². The van der Waals surface area contributed by atoms with Crippen LogP contribution < -0.4 is 5.32 Å². The minimum Gasteiger partial charge on any atom is -0.449 e. The molecule has 1 N–H and O–H groups in total. The Morgan fingerprint density at radius 1 is 1.24 bits per heavy atom. The Bertz CT molecular complexity index is 1260. The zero-order valence-corrected chi connectivity index (χ0v) is 19.1. The third-order valence-electron chi connectivity index (χ3n) is 4.51. The number of carbonyl (C=O) groups excluding carboxylic acids is 1. The van der Waals surface area contributed by atoms with Gasteiger partial charge in [0.2, 0.25) is 0 Å². The molecule has 0 aliphatic heterocycles. The molecule has 1 atom stereocenters. The van der Waals surface area contributed by atoms with Gasteiger partial charge in [-0.05, 0) is 37.6 Å². The Labute approximate surface area is 195 Å². The molecular formula is C21H22N4O8S. The fourth-order valence-corrected chi connectivity index (χ4v) is 3.78. The molecule has 0 aliphatic rings. The van der Waals surface area contributed by atoms with Gasteiger partial charge < -0.3 is 9.26 Å². The predicted octanol–water partition coefficient (Wildman–Crippen LogP) is 4.46. The molecule has 3 aromatic rings. The van der Waals surface area contributed by atoms with Gasteiger partial charge in [-0.1, -0.05) is 24.6 Å². The van der Waals surface area contributed by atoms with Gasteiger partial charge in [-0.2, -0.15) is 8.42 Å². The lowest BCUT2D eigenvalue weighted by Crippen LogP contribution is -2.15. The molecule has 0 bridgehead atoms. The van der Waals surface area contributed by atoms with Crippen LogP contribution in [0.15, 0.2) is 57.9 Å². The quantitative estimate of drug-likeness (QED) is 0.186. The van der Waals surface area contributed by atoms with Crippen molar-refractivity contribution >= 4 is 27.7 Å². The first-order valence-corrected chi connectivity index (χ1v) is 11.7. The van der Waals surface area contributed by atoms with E-state index in [2.05, 4.69) is 15.5 Å². The average molecular weight is 490 g/mol. The van der Waals surface area contributed by atoms with Gasteiger partial charge in [0, 0.05) is 18.2 Å². The van der Waals surface area contributed by atoms with Crippen molar-refractivity contribution < 1.29 is 31.6 Å². The zero-order valence-electron chi connectivity index (χ0n) is 18.3. The number of amides is 1. The van der Waals surface area contributed by atoms with Crippen LogP contribution in [0.3, 0.4) is 0 Å². The smallest absolute Gasteiger partial charge is 0.412 e. The molecule has 3 rings (SSSR count). The van der Waals surface area contributed by atoms with Crippen LogP contribution in [0.1, 0.15) is 38.5 Å². The fourth-order valence-electron chi connectivity index (χ4n) is 2.72. The van der Waals surface area contributed by atoms with Gasteiger partial charge in [-0.3, -0.25) is 19.6 Å². The van der Waals surface area contributed by atoms with E-state index < -0.39 is 27.2 Å². The molecule has 0 radical (unpaired) electrons. The number of unbranched alkanes of at least 4 members (excludes halogenated alkanes) is 1. The summed E-state index contributed by atoms with van der Waals surface area (Å²) in [6.07, 6.45) is -0.00370. The summed E-state index contributed by atoms with van der Waals surface area (Å²) in [7, 11) is -4.22. The summed E-state index contributed by atoms with van der Waals surface area (Å²) in [5.74, 6) is 0.461. The predicted molar refractivity (Wildman–Crippen MR) is 119 cm³/mol. The molecule has 12 nitrogen and oxygen atoms in total. The molecule has 1 amide bonds. The van der Waals surface area contributed by atoms with Gasteiger partial charge in [0.25, 0.3) is 15.8 Å². The van der Waals surface area contributed by atoms with E-state index in [1.54, 1.807) is 18.2 Å². The second kappa shape index (κ2) is 10.9. The van der Waals surface area contributed by atoms with Crippen molar-refractivity contribution in [2.75, 3.05) is 11.9 Å².